The molecule has 3 aromatic rings. The lowest BCUT2D eigenvalue weighted by Crippen LogP contribution is -2.04. The van der Waals surface area contributed by atoms with E-state index in [2.05, 4.69) is 27.9 Å². The van der Waals surface area contributed by atoms with Gasteiger partial charge in [-0.25, -0.2) is 0 Å². The Morgan fingerprint density at radius 1 is 1.07 bits per heavy atom. The molecule has 0 aliphatic heterocycles. The van der Waals surface area contributed by atoms with Crippen molar-refractivity contribution in [2.45, 2.75) is 13.2 Å². The number of anilines is 1. The van der Waals surface area contributed by atoms with Crippen LogP contribution in [0.3, 0.4) is 0 Å². The summed E-state index contributed by atoms with van der Waals surface area (Å²) in [7, 11) is 1.58. The average Bonchev–Trinajstić information content (AvgIpc) is 2.72. The molecule has 0 atom stereocenters. The van der Waals surface area contributed by atoms with Gasteiger partial charge >= 0.3 is 0 Å². The average molecular weight is 559 g/mol. The van der Waals surface area contributed by atoms with Crippen LogP contribution < -0.4 is 14.8 Å². The summed E-state index contributed by atoms with van der Waals surface area (Å²) in [5.74, 6) is 1.22. The molecule has 0 radical (unpaired) electrons. The molecular formula is C21H17Cl2IN2O4. The topological polar surface area (TPSA) is 73.6 Å². The fraction of sp³-hybridized carbons (Fsp3) is 0.143. The van der Waals surface area contributed by atoms with Gasteiger partial charge in [0.25, 0.3) is 5.69 Å². The minimum absolute atomic E-state index is 0.0450. The Morgan fingerprint density at radius 3 is 2.43 bits per heavy atom. The van der Waals surface area contributed by atoms with Gasteiger partial charge in [0.2, 0.25) is 0 Å². The third kappa shape index (κ3) is 5.68. The summed E-state index contributed by atoms with van der Waals surface area (Å²) in [5, 5.41) is 15.2. The molecule has 0 saturated heterocycles. The standard InChI is InChI=1S/C21H17Cl2IN2O4/c1-29-20-9-14(11-25-19-7-4-15(22)10-17(19)23)8-18(24)21(20)30-12-13-2-5-16(6-3-13)26(27)28/h2-10,25H,11-12H2,1H3. The highest BCUT2D eigenvalue weighted by atomic mass is 127. The van der Waals surface area contributed by atoms with Crippen molar-refractivity contribution in [2.75, 3.05) is 12.4 Å². The maximum absolute atomic E-state index is 10.8. The van der Waals surface area contributed by atoms with Crippen LogP contribution in [0.25, 0.3) is 0 Å². The van der Waals surface area contributed by atoms with Crippen LogP contribution in [0.5, 0.6) is 11.5 Å². The van der Waals surface area contributed by atoms with E-state index in [0.29, 0.717) is 28.1 Å². The Bertz CT molecular complexity index is 1060. The maximum atomic E-state index is 10.8. The lowest BCUT2D eigenvalue weighted by molar-refractivity contribution is -0.384. The number of nitrogens with one attached hydrogen (secondary N) is 1. The molecule has 1 N–H and O–H groups in total. The number of nitrogens with zero attached hydrogens (tertiary/aromatic N) is 1. The number of nitro groups is 1. The number of halogens is 3. The van der Waals surface area contributed by atoms with E-state index in [0.717, 1.165) is 20.4 Å². The number of methoxy groups -OCH3 is 1. The van der Waals surface area contributed by atoms with E-state index in [1.54, 1.807) is 31.4 Å². The molecule has 0 aliphatic carbocycles. The second-order valence-electron chi connectivity index (χ2n) is 6.30. The Labute approximate surface area is 197 Å². The van der Waals surface area contributed by atoms with Gasteiger partial charge in [0.1, 0.15) is 6.61 Å². The maximum Gasteiger partial charge on any atom is 0.269 e. The van der Waals surface area contributed by atoms with Crippen molar-refractivity contribution >= 4 is 57.2 Å². The molecule has 0 aromatic heterocycles. The van der Waals surface area contributed by atoms with Gasteiger partial charge in [0.05, 0.1) is 26.3 Å². The highest BCUT2D eigenvalue weighted by molar-refractivity contribution is 14.1. The number of ether oxygens (including phenoxy) is 2. The van der Waals surface area contributed by atoms with Gasteiger partial charge < -0.3 is 14.8 Å². The van der Waals surface area contributed by atoms with Gasteiger partial charge in [0.15, 0.2) is 11.5 Å². The summed E-state index contributed by atoms with van der Waals surface area (Å²) in [4.78, 5) is 10.3. The molecule has 0 heterocycles. The van der Waals surface area contributed by atoms with Crippen molar-refractivity contribution in [2.24, 2.45) is 0 Å². The number of nitro benzene ring substituents is 1. The van der Waals surface area contributed by atoms with Gasteiger partial charge in [-0.1, -0.05) is 23.2 Å². The van der Waals surface area contributed by atoms with E-state index >= 15 is 0 Å². The monoisotopic (exact) mass is 558 g/mol. The van der Waals surface area contributed by atoms with E-state index in [1.165, 1.54) is 12.1 Å². The predicted octanol–water partition coefficient (Wildman–Crippen LogP) is 6.71. The molecule has 0 amide bonds. The Balaban J connectivity index is 1.71. The van der Waals surface area contributed by atoms with Gasteiger partial charge in [-0.2, -0.15) is 0 Å². The van der Waals surface area contributed by atoms with Crippen molar-refractivity contribution in [1.82, 2.24) is 0 Å². The van der Waals surface area contributed by atoms with Crippen LogP contribution in [0.2, 0.25) is 10.0 Å². The molecule has 0 spiro atoms. The summed E-state index contributed by atoms with van der Waals surface area (Å²) in [6.07, 6.45) is 0. The summed E-state index contributed by atoms with van der Waals surface area (Å²) in [5.41, 5.74) is 2.64. The van der Waals surface area contributed by atoms with Crippen LogP contribution >= 0.6 is 45.8 Å². The Morgan fingerprint density at radius 2 is 1.80 bits per heavy atom. The molecule has 9 heteroatoms. The first-order chi connectivity index (χ1) is 14.4. The number of non-ortho nitro benzene ring substituents is 1. The van der Waals surface area contributed by atoms with Crippen LogP contribution in [0.4, 0.5) is 11.4 Å². The van der Waals surface area contributed by atoms with E-state index in [1.807, 2.05) is 18.2 Å². The molecule has 0 saturated carbocycles. The lowest BCUT2D eigenvalue weighted by atomic mass is 10.2. The smallest absolute Gasteiger partial charge is 0.269 e. The molecule has 0 fully saturated rings. The van der Waals surface area contributed by atoms with Crippen molar-refractivity contribution in [3.05, 3.63) is 89.5 Å². The molecule has 0 aliphatic rings. The number of hydrogen-bond donors (Lipinski definition) is 1. The molecule has 30 heavy (non-hydrogen) atoms. The highest BCUT2D eigenvalue weighted by Gasteiger charge is 2.13. The SMILES string of the molecule is COc1cc(CNc2ccc(Cl)cc2Cl)cc(I)c1OCc1ccc([N+](=O)[O-])cc1. The second-order valence-corrected chi connectivity index (χ2v) is 8.30. The third-order valence-electron chi connectivity index (χ3n) is 4.23. The summed E-state index contributed by atoms with van der Waals surface area (Å²) in [6, 6.07) is 15.4. The van der Waals surface area contributed by atoms with Gasteiger partial charge in [-0.3, -0.25) is 10.1 Å². The van der Waals surface area contributed by atoms with E-state index in [4.69, 9.17) is 32.7 Å². The number of benzene rings is 3. The molecule has 156 valence electrons. The molecule has 3 aromatic carbocycles. The fourth-order valence-electron chi connectivity index (χ4n) is 2.71. The number of hydrogen-bond acceptors (Lipinski definition) is 5. The first kappa shape index (κ1) is 22.5. The molecule has 3 rings (SSSR count). The van der Waals surface area contributed by atoms with Crippen LogP contribution in [0, 0.1) is 13.7 Å². The second kappa shape index (κ2) is 10.2. The van der Waals surface area contributed by atoms with Crippen LogP contribution in [0.1, 0.15) is 11.1 Å². The van der Waals surface area contributed by atoms with Crippen molar-refractivity contribution in [1.29, 1.82) is 0 Å². The molecular weight excluding hydrogens is 542 g/mol. The summed E-state index contributed by atoms with van der Waals surface area (Å²) in [6.45, 7) is 0.804. The minimum Gasteiger partial charge on any atom is -0.493 e. The quantitative estimate of drug-likeness (QED) is 0.189. The van der Waals surface area contributed by atoms with Crippen molar-refractivity contribution in [3.8, 4) is 11.5 Å². The van der Waals surface area contributed by atoms with Crippen molar-refractivity contribution in [3.63, 3.8) is 0 Å². The van der Waals surface area contributed by atoms with Crippen LogP contribution in [0.15, 0.2) is 54.6 Å². The summed E-state index contributed by atoms with van der Waals surface area (Å²) >= 11 is 14.3. The number of rotatable bonds is 8. The predicted molar refractivity (Wildman–Crippen MR) is 127 cm³/mol. The van der Waals surface area contributed by atoms with Crippen LogP contribution in [-0.4, -0.2) is 12.0 Å². The highest BCUT2D eigenvalue weighted by Crippen LogP contribution is 2.35. The normalized spacial score (nSPS) is 10.5. The van der Waals surface area contributed by atoms with E-state index in [-0.39, 0.29) is 12.3 Å². The summed E-state index contributed by atoms with van der Waals surface area (Å²) < 4.78 is 12.3. The third-order valence-corrected chi connectivity index (χ3v) is 5.58. The lowest BCUT2D eigenvalue weighted by Gasteiger charge is -2.15. The first-order valence-electron chi connectivity index (χ1n) is 8.79. The fourth-order valence-corrected chi connectivity index (χ4v) is 4.01. The van der Waals surface area contributed by atoms with E-state index < -0.39 is 4.92 Å². The zero-order chi connectivity index (χ0) is 21.7. The zero-order valence-electron chi connectivity index (χ0n) is 15.8. The Hall–Kier alpha value is -2.23. The molecule has 0 bridgehead atoms. The van der Waals surface area contributed by atoms with Crippen LogP contribution in [-0.2, 0) is 13.2 Å². The minimum atomic E-state index is -0.430. The van der Waals surface area contributed by atoms with Gasteiger partial charge in [-0.15, -0.1) is 0 Å². The first-order valence-corrected chi connectivity index (χ1v) is 10.6. The zero-order valence-corrected chi connectivity index (χ0v) is 19.5. The molecule has 0 unspecified atom stereocenters. The van der Waals surface area contributed by atoms with Gasteiger partial charge in [-0.05, 0) is 76.2 Å². The largest absolute Gasteiger partial charge is 0.493 e. The molecule has 6 nitrogen and oxygen atoms in total. The Kier molecular flexibility index (Phi) is 7.63. The van der Waals surface area contributed by atoms with E-state index in [9.17, 15) is 10.1 Å². The van der Waals surface area contributed by atoms with Gasteiger partial charge in [0, 0.05) is 23.7 Å². The van der Waals surface area contributed by atoms with Crippen molar-refractivity contribution < 1.29 is 14.4 Å².